The molecule has 1 fully saturated rings. The van der Waals surface area contributed by atoms with Crippen LogP contribution in [0, 0.1) is 0 Å². The van der Waals surface area contributed by atoms with Crippen molar-refractivity contribution >= 4 is 6.03 Å². The first kappa shape index (κ1) is 18.3. The highest BCUT2D eigenvalue weighted by Gasteiger charge is 2.24. The van der Waals surface area contributed by atoms with Crippen LogP contribution in [0.5, 0.6) is 5.75 Å². The highest BCUT2D eigenvalue weighted by atomic mass is 16.5. The van der Waals surface area contributed by atoms with Crippen LogP contribution in [0.4, 0.5) is 4.79 Å². The molecule has 1 saturated heterocycles. The van der Waals surface area contributed by atoms with Gasteiger partial charge in [-0.15, -0.1) is 0 Å². The van der Waals surface area contributed by atoms with E-state index in [9.17, 15) is 4.79 Å². The van der Waals surface area contributed by atoms with Crippen LogP contribution in [-0.2, 0) is 4.74 Å². The molecule has 1 aliphatic rings. The third-order valence-corrected chi connectivity index (χ3v) is 4.84. The molecule has 7 nitrogen and oxygen atoms in total. The van der Waals surface area contributed by atoms with Gasteiger partial charge in [-0.25, -0.2) is 9.48 Å². The highest BCUT2D eigenvalue weighted by molar-refractivity contribution is 5.74. The summed E-state index contributed by atoms with van der Waals surface area (Å²) < 4.78 is 12.5. The Kier molecular flexibility index (Phi) is 5.78. The number of hydrogen-bond donors (Lipinski definition) is 1. The summed E-state index contributed by atoms with van der Waals surface area (Å²) in [4.78, 5) is 14.3. The first-order valence-corrected chi connectivity index (χ1v) is 8.88. The molecule has 1 aromatic carbocycles. The number of methoxy groups -OCH3 is 2. The van der Waals surface area contributed by atoms with Crippen LogP contribution in [0.15, 0.2) is 36.7 Å². The molecule has 2 amide bonds. The van der Waals surface area contributed by atoms with Gasteiger partial charge in [-0.05, 0) is 31.9 Å². The molecule has 2 heterocycles. The molecule has 0 unspecified atom stereocenters. The van der Waals surface area contributed by atoms with E-state index in [1.54, 1.807) is 25.1 Å². The van der Waals surface area contributed by atoms with Crippen molar-refractivity contribution in [3.05, 3.63) is 42.2 Å². The summed E-state index contributed by atoms with van der Waals surface area (Å²) in [5, 5.41) is 7.47. The minimum atomic E-state index is -0.133. The van der Waals surface area contributed by atoms with E-state index >= 15 is 0 Å². The summed E-state index contributed by atoms with van der Waals surface area (Å²) in [5.41, 5.74) is 1.80. The average Bonchev–Trinajstić information content (AvgIpc) is 3.18. The minimum Gasteiger partial charge on any atom is -0.494 e. The number of piperidine rings is 1. The molecule has 0 aliphatic carbocycles. The fourth-order valence-electron chi connectivity index (χ4n) is 3.17. The summed E-state index contributed by atoms with van der Waals surface area (Å²) in [6.07, 6.45) is 5.71. The van der Waals surface area contributed by atoms with Crippen molar-refractivity contribution < 1.29 is 14.3 Å². The van der Waals surface area contributed by atoms with Crippen molar-refractivity contribution in [1.29, 1.82) is 0 Å². The second kappa shape index (κ2) is 8.23. The number of aromatic nitrogens is 2. The predicted octanol–water partition coefficient (Wildman–Crippen LogP) is 2.76. The summed E-state index contributed by atoms with van der Waals surface area (Å²) in [6.45, 7) is 3.40. The van der Waals surface area contributed by atoms with Crippen LogP contribution in [-0.4, -0.2) is 54.1 Å². The lowest BCUT2D eigenvalue weighted by Crippen LogP contribution is -2.46. The quantitative estimate of drug-likeness (QED) is 0.892. The van der Waals surface area contributed by atoms with E-state index in [2.05, 4.69) is 10.4 Å². The molecule has 0 bridgehead atoms. The Hall–Kier alpha value is -2.54. The van der Waals surface area contributed by atoms with Gasteiger partial charge in [0.1, 0.15) is 11.4 Å². The van der Waals surface area contributed by atoms with Gasteiger partial charge in [-0.3, -0.25) is 0 Å². The molecular weight excluding hydrogens is 332 g/mol. The van der Waals surface area contributed by atoms with Crippen LogP contribution in [0.25, 0.3) is 5.69 Å². The number of nitrogens with one attached hydrogen (secondary N) is 1. The normalized spacial score (nSPS) is 16.3. The van der Waals surface area contributed by atoms with Gasteiger partial charge in [0.25, 0.3) is 0 Å². The lowest BCUT2D eigenvalue weighted by atomic mass is 10.1. The van der Waals surface area contributed by atoms with Gasteiger partial charge >= 0.3 is 6.03 Å². The Balaban J connectivity index is 1.63. The maximum absolute atomic E-state index is 12.5. The number of para-hydroxylation sites is 2. The average molecular weight is 358 g/mol. The Morgan fingerprint density at radius 1 is 1.27 bits per heavy atom. The van der Waals surface area contributed by atoms with Gasteiger partial charge in [-0.2, -0.15) is 5.10 Å². The van der Waals surface area contributed by atoms with Crippen LogP contribution in [0.2, 0.25) is 0 Å². The molecule has 140 valence electrons. The number of ether oxygens (including phenoxy) is 2. The van der Waals surface area contributed by atoms with Crippen LogP contribution in [0.1, 0.15) is 31.4 Å². The van der Waals surface area contributed by atoms with Crippen molar-refractivity contribution in [2.24, 2.45) is 0 Å². The maximum atomic E-state index is 12.5. The van der Waals surface area contributed by atoms with Gasteiger partial charge in [0.05, 0.1) is 25.5 Å². The molecule has 26 heavy (non-hydrogen) atoms. The highest BCUT2D eigenvalue weighted by Crippen LogP contribution is 2.23. The largest absolute Gasteiger partial charge is 0.494 e. The molecule has 3 rings (SSSR count). The molecular formula is C19H26N4O3. The number of likely N-dealkylation sites (tertiary alicyclic amines) is 1. The van der Waals surface area contributed by atoms with Crippen LogP contribution < -0.4 is 10.1 Å². The number of carbonyl (C=O) groups is 1. The van der Waals surface area contributed by atoms with Crippen LogP contribution in [0.3, 0.4) is 0 Å². The summed E-state index contributed by atoms with van der Waals surface area (Å²) >= 11 is 0. The summed E-state index contributed by atoms with van der Waals surface area (Å²) in [6, 6.07) is 7.52. The molecule has 1 atom stereocenters. The number of nitrogens with zero attached hydrogens (tertiary/aromatic N) is 3. The molecule has 7 heteroatoms. The van der Waals surface area contributed by atoms with E-state index in [1.807, 2.05) is 42.3 Å². The maximum Gasteiger partial charge on any atom is 0.317 e. The number of hydrogen-bond acceptors (Lipinski definition) is 4. The Morgan fingerprint density at radius 2 is 2.00 bits per heavy atom. The van der Waals surface area contributed by atoms with Crippen LogP contribution >= 0.6 is 0 Å². The Bertz CT molecular complexity index is 738. The number of carbonyl (C=O) groups excluding carboxylic acids is 1. The molecule has 0 saturated carbocycles. The fraction of sp³-hybridized carbons (Fsp3) is 0.474. The SMILES string of the molecule is COc1ccccc1-n1cc([C@H](C)NC(=O)N2CCC(OC)CC2)cn1. The molecule has 0 spiro atoms. The number of urea groups is 1. The zero-order chi connectivity index (χ0) is 18.5. The Morgan fingerprint density at radius 3 is 2.69 bits per heavy atom. The predicted molar refractivity (Wildman–Crippen MR) is 98.7 cm³/mol. The second-order valence-electron chi connectivity index (χ2n) is 6.48. The van der Waals surface area contributed by atoms with E-state index in [-0.39, 0.29) is 18.2 Å². The first-order valence-electron chi connectivity index (χ1n) is 8.88. The van der Waals surface area contributed by atoms with Gasteiger partial charge in [0.15, 0.2) is 0 Å². The second-order valence-corrected chi connectivity index (χ2v) is 6.48. The van der Waals surface area contributed by atoms with E-state index in [1.165, 1.54) is 0 Å². The standard InChI is InChI=1S/C19H26N4O3/c1-14(21-19(24)22-10-8-16(25-2)9-11-22)15-12-20-23(13-15)17-6-4-5-7-18(17)26-3/h4-7,12-14,16H,8-11H2,1-3H3,(H,21,24)/t14-/m0/s1. The van der Waals surface area contributed by atoms with Gasteiger partial charge in [0.2, 0.25) is 0 Å². The summed E-state index contributed by atoms with van der Waals surface area (Å²) in [5.74, 6) is 0.750. The van der Waals surface area contributed by atoms with E-state index in [0.717, 1.165) is 42.9 Å². The van der Waals surface area contributed by atoms with Gasteiger partial charge in [0, 0.05) is 32.0 Å². The number of rotatable bonds is 5. The molecule has 2 aromatic rings. The zero-order valence-electron chi connectivity index (χ0n) is 15.5. The van der Waals surface area contributed by atoms with Gasteiger partial charge < -0.3 is 19.7 Å². The number of benzene rings is 1. The number of amides is 2. The first-order chi connectivity index (χ1) is 12.6. The Labute approximate surface area is 153 Å². The van der Waals surface area contributed by atoms with Crippen molar-refractivity contribution in [2.45, 2.75) is 31.9 Å². The molecule has 1 aromatic heterocycles. The van der Waals surface area contributed by atoms with Crippen molar-refractivity contribution in [3.63, 3.8) is 0 Å². The topological polar surface area (TPSA) is 68.6 Å². The van der Waals surface area contributed by atoms with Crippen molar-refractivity contribution in [1.82, 2.24) is 20.0 Å². The van der Waals surface area contributed by atoms with Crippen molar-refractivity contribution in [3.8, 4) is 11.4 Å². The molecule has 1 aliphatic heterocycles. The molecule has 1 N–H and O–H groups in total. The monoisotopic (exact) mass is 358 g/mol. The van der Waals surface area contributed by atoms with E-state index in [4.69, 9.17) is 9.47 Å². The molecule has 0 radical (unpaired) electrons. The van der Waals surface area contributed by atoms with E-state index in [0.29, 0.717) is 0 Å². The van der Waals surface area contributed by atoms with Crippen molar-refractivity contribution in [2.75, 3.05) is 27.3 Å². The third-order valence-electron chi connectivity index (χ3n) is 4.84. The lowest BCUT2D eigenvalue weighted by molar-refractivity contribution is 0.0500. The lowest BCUT2D eigenvalue weighted by Gasteiger charge is -2.32. The fourth-order valence-corrected chi connectivity index (χ4v) is 3.17. The smallest absolute Gasteiger partial charge is 0.317 e. The van der Waals surface area contributed by atoms with E-state index < -0.39 is 0 Å². The summed E-state index contributed by atoms with van der Waals surface area (Å²) in [7, 11) is 3.36. The zero-order valence-corrected chi connectivity index (χ0v) is 15.5. The minimum absolute atomic E-state index is 0.0444. The third kappa shape index (κ3) is 3.99. The van der Waals surface area contributed by atoms with Gasteiger partial charge in [-0.1, -0.05) is 12.1 Å².